The highest BCUT2D eigenvalue weighted by Gasteiger charge is 2.61. The summed E-state index contributed by atoms with van der Waals surface area (Å²) in [5, 5.41) is 12.2. The number of Topliss-reactive ketones (excluding diaryl/α,β-unsaturated/α-hetero) is 1. The van der Waals surface area contributed by atoms with Crippen molar-refractivity contribution in [1.29, 1.82) is 0 Å². The SMILES string of the molecule is CCOC(=O)[C@]12CC(=O)[C@@H]3C[C@@H](n4nnc5ccccc54)CN3C(=O)[C@@H](Nc3ccccc3)CCCCC/C=C\[C@H]1C2. The number of para-hydroxylation sites is 2. The smallest absolute Gasteiger partial charge is 0.313 e. The van der Waals surface area contributed by atoms with Crippen molar-refractivity contribution in [2.75, 3.05) is 18.5 Å². The van der Waals surface area contributed by atoms with Crippen LogP contribution in [0.15, 0.2) is 66.7 Å². The fourth-order valence-electron chi connectivity index (χ4n) is 6.74. The number of nitrogens with one attached hydrogen (secondary N) is 1. The van der Waals surface area contributed by atoms with Gasteiger partial charge in [-0.05, 0) is 69.2 Å². The second-order valence-corrected chi connectivity index (χ2v) is 11.9. The number of ether oxygens (including phenoxy) is 1. The van der Waals surface area contributed by atoms with E-state index in [9.17, 15) is 14.4 Å². The van der Waals surface area contributed by atoms with Gasteiger partial charge in [0, 0.05) is 18.7 Å². The lowest BCUT2D eigenvalue weighted by atomic mass is 9.91. The first-order valence-electron chi connectivity index (χ1n) is 15.3. The summed E-state index contributed by atoms with van der Waals surface area (Å²) in [7, 11) is 0. The van der Waals surface area contributed by atoms with Crippen molar-refractivity contribution in [2.24, 2.45) is 11.3 Å². The number of aromatic nitrogens is 3. The summed E-state index contributed by atoms with van der Waals surface area (Å²) in [5.74, 6) is -0.503. The number of amides is 1. The van der Waals surface area contributed by atoms with Crippen LogP contribution in [-0.2, 0) is 19.1 Å². The Bertz CT molecular complexity index is 1470. The average molecular weight is 570 g/mol. The van der Waals surface area contributed by atoms with Gasteiger partial charge in [-0.2, -0.15) is 0 Å². The number of hydrogen-bond acceptors (Lipinski definition) is 7. The van der Waals surface area contributed by atoms with Crippen LogP contribution >= 0.6 is 0 Å². The maximum absolute atomic E-state index is 14.4. The molecular formula is C33H39N5O4. The topological polar surface area (TPSA) is 106 Å². The Morgan fingerprint density at radius 1 is 1.07 bits per heavy atom. The summed E-state index contributed by atoms with van der Waals surface area (Å²) in [4.78, 5) is 43.5. The van der Waals surface area contributed by atoms with E-state index in [1.165, 1.54) is 0 Å². The van der Waals surface area contributed by atoms with E-state index in [0.717, 1.165) is 42.4 Å². The molecule has 0 spiro atoms. The molecule has 6 rings (SSSR count). The predicted molar refractivity (Wildman–Crippen MR) is 160 cm³/mol. The first-order valence-corrected chi connectivity index (χ1v) is 15.3. The largest absolute Gasteiger partial charge is 0.466 e. The van der Waals surface area contributed by atoms with E-state index >= 15 is 0 Å². The third-order valence-corrected chi connectivity index (χ3v) is 9.11. The van der Waals surface area contributed by atoms with E-state index in [-0.39, 0.29) is 42.6 Å². The van der Waals surface area contributed by atoms with Gasteiger partial charge in [-0.3, -0.25) is 14.4 Å². The zero-order valence-electron chi connectivity index (χ0n) is 24.2. The molecule has 1 saturated heterocycles. The molecule has 9 heteroatoms. The molecule has 3 aliphatic rings. The fourth-order valence-corrected chi connectivity index (χ4v) is 6.74. The lowest BCUT2D eigenvalue weighted by molar-refractivity contribution is -0.152. The van der Waals surface area contributed by atoms with Gasteiger partial charge in [0.15, 0.2) is 5.78 Å². The highest BCUT2D eigenvalue weighted by Crippen LogP contribution is 2.57. The molecule has 9 nitrogen and oxygen atoms in total. The Kier molecular flexibility index (Phi) is 8.09. The number of hydrogen-bond donors (Lipinski definition) is 1. The van der Waals surface area contributed by atoms with Crippen molar-refractivity contribution in [3.05, 3.63) is 66.7 Å². The van der Waals surface area contributed by atoms with Crippen LogP contribution < -0.4 is 5.32 Å². The maximum Gasteiger partial charge on any atom is 0.313 e. The molecule has 0 bridgehead atoms. The van der Waals surface area contributed by atoms with Crippen molar-refractivity contribution in [3.63, 3.8) is 0 Å². The highest BCUT2D eigenvalue weighted by molar-refractivity contribution is 5.96. The van der Waals surface area contributed by atoms with Crippen molar-refractivity contribution in [3.8, 4) is 0 Å². The minimum atomic E-state index is -0.849. The molecule has 3 heterocycles. The van der Waals surface area contributed by atoms with Gasteiger partial charge >= 0.3 is 5.97 Å². The molecule has 1 aliphatic carbocycles. The van der Waals surface area contributed by atoms with Crippen LogP contribution in [-0.4, -0.2) is 62.8 Å². The lowest BCUT2D eigenvalue weighted by Crippen LogP contribution is -2.48. The molecule has 2 aromatic carbocycles. The van der Waals surface area contributed by atoms with Gasteiger partial charge in [-0.15, -0.1) is 5.10 Å². The Hall–Kier alpha value is -4.01. The minimum absolute atomic E-state index is 0.0151. The van der Waals surface area contributed by atoms with Crippen molar-refractivity contribution < 1.29 is 19.1 Å². The summed E-state index contributed by atoms with van der Waals surface area (Å²) in [6, 6.07) is 16.2. The van der Waals surface area contributed by atoms with E-state index in [2.05, 4.69) is 27.8 Å². The third-order valence-electron chi connectivity index (χ3n) is 9.11. The molecule has 5 atom stereocenters. The van der Waals surface area contributed by atoms with Crippen LogP contribution in [0.25, 0.3) is 11.0 Å². The number of esters is 1. The Labute approximate surface area is 246 Å². The molecule has 1 amide bonds. The maximum atomic E-state index is 14.4. The molecule has 3 aromatic rings. The number of fused-ring (bicyclic) bond motifs is 3. The molecule has 2 aliphatic heterocycles. The van der Waals surface area contributed by atoms with E-state index in [4.69, 9.17) is 4.74 Å². The van der Waals surface area contributed by atoms with Crippen LogP contribution in [0.2, 0.25) is 0 Å². The van der Waals surface area contributed by atoms with Crippen LogP contribution in [0.3, 0.4) is 0 Å². The molecule has 2 fully saturated rings. The second-order valence-electron chi connectivity index (χ2n) is 11.9. The van der Waals surface area contributed by atoms with Crippen molar-refractivity contribution in [2.45, 2.75) is 76.4 Å². The van der Waals surface area contributed by atoms with Crippen LogP contribution in [0.4, 0.5) is 5.69 Å². The first-order chi connectivity index (χ1) is 20.5. The predicted octanol–water partition coefficient (Wildman–Crippen LogP) is 5.10. The standard InChI is InChI=1S/C33H39N5O4/c1-2-42-32(41)33-20-23(33)13-7-4-3-5-10-17-27(34-24-14-8-6-9-15-24)31(40)37-22-25(19-29(37)30(39)21-33)38-28-18-12-11-16-26(28)35-36-38/h6-9,11-16,18,23,25,27,29,34H,2-5,10,17,19-22H2,1H3/b13-7-/t23-,25+,27-,29-,33+/m0/s1. The van der Waals surface area contributed by atoms with Gasteiger partial charge in [0.1, 0.15) is 11.6 Å². The molecule has 220 valence electrons. The monoisotopic (exact) mass is 569 g/mol. The number of nitrogens with zero attached hydrogens (tertiary/aromatic N) is 4. The van der Waals surface area contributed by atoms with Gasteiger partial charge < -0.3 is 15.0 Å². The molecule has 0 radical (unpaired) electrons. The zero-order chi connectivity index (χ0) is 29.1. The Balaban J connectivity index is 1.34. The molecule has 1 saturated carbocycles. The summed E-state index contributed by atoms with van der Waals surface area (Å²) in [6.45, 7) is 2.42. The molecule has 1 N–H and O–H groups in total. The van der Waals surface area contributed by atoms with Crippen molar-refractivity contribution in [1.82, 2.24) is 19.9 Å². The van der Waals surface area contributed by atoms with Crippen molar-refractivity contribution >= 4 is 34.4 Å². The summed E-state index contributed by atoms with van der Waals surface area (Å²) >= 11 is 0. The van der Waals surface area contributed by atoms with E-state index < -0.39 is 17.5 Å². The normalized spacial score (nSPS) is 29.2. The van der Waals surface area contributed by atoms with E-state index in [0.29, 0.717) is 25.8 Å². The second kappa shape index (κ2) is 12.1. The summed E-state index contributed by atoms with van der Waals surface area (Å²) < 4.78 is 7.32. The minimum Gasteiger partial charge on any atom is -0.466 e. The molecule has 42 heavy (non-hydrogen) atoms. The van der Waals surface area contributed by atoms with Crippen LogP contribution in [0.5, 0.6) is 0 Å². The number of anilines is 1. The number of allylic oxidation sites excluding steroid dienone is 2. The summed E-state index contributed by atoms with van der Waals surface area (Å²) in [6.07, 6.45) is 9.82. The lowest BCUT2D eigenvalue weighted by Gasteiger charge is -2.30. The summed E-state index contributed by atoms with van der Waals surface area (Å²) in [5.41, 5.74) is 1.68. The third kappa shape index (κ3) is 5.56. The van der Waals surface area contributed by atoms with E-state index in [1.54, 1.807) is 11.8 Å². The van der Waals surface area contributed by atoms with Gasteiger partial charge in [0.25, 0.3) is 0 Å². The molecule has 1 aromatic heterocycles. The van der Waals surface area contributed by atoms with Gasteiger partial charge in [-0.25, -0.2) is 4.68 Å². The molecular weight excluding hydrogens is 530 g/mol. The number of rotatable bonds is 5. The Morgan fingerprint density at radius 3 is 2.71 bits per heavy atom. The van der Waals surface area contributed by atoms with Crippen LogP contribution in [0, 0.1) is 11.3 Å². The number of ketones is 1. The highest BCUT2D eigenvalue weighted by atomic mass is 16.5. The average Bonchev–Trinajstić information content (AvgIpc) is 3.31. The quantitative estimate of drug-likeness (QED) is 0.336. The van der Waals surface area contributed by atoms with Crippen LogP contribution in [0.1, 0.15) is 64.3 Å². The Morgan fingerprint density at radius 2 is 1.88 bits per heavy atom. The zero-order valence-corrected chi connectivity index (χ0v) is 24.2. The van der Waals surface area contributed by atoms with E-state index in [1.807, 2.05) is 59.3 Å². The fraction of sp³-hybridized carbons (Fsp3) is 0.485. The number of benzene rings is 2. The first kappa shape index (κ1) is 28.1. The molecule has 0 unspecified atom stereocenters. The van der Waals surface area contributed by atoms with Gasteiger partial charge in [-0.1, -0.05) is 60.5 Å². The number of carbonyl (C=O) groups excluding carboxylic acids is 3. The van der Waals surface area contributed by atoms with Gasteiger partial charge in [0.05, 0.1) is 29.6 Å². The van der Waals surface area contributed by atoms with Gasteiger partial charge in [0.2, 0.25) is 5.91 Å². The number of carbonyl (C=O) groups is 3.